The third-order valence-corrected chi connectivity index (χ3v) is 2.53. The minimum atomic E-state index is -0.578. The normalized spacial score (nSPS) is 9.94. The second-order valence-electron chi connectivity index (χ2n) is 3.86. The molecule has 0 heterocycles. The Balaban J connectivity index is 3.36. The molecule has 0 fully saturated rings. The van der Waals surface area contributed by atoms with E-state index in [0.29, 0.717) is 10.0 Å². The molecule has 0 aliphatic heterocycles. The van der Waals surface area contributed by atoms with Gasteiger partial charge in [-0.05, 0) is 25.5 Å². The number of Topliss-reactive ketones (excluding diaryl/α,β-unsaturated/α-hetero) is 1. The van der Waals surface area contributed by atoms with Crippen LogP contribution in [0.1, 0.15) is 24.2 Å². The van der Waals surface area contributed by atoms with Crippen LogP contribution in [0.4, 0.5) is 5.69 Å². The zero-order chi connectivity index (χ0) is 13.9. The summed E-state index contributed by atoms with van der Waals surface area (Å²) in [5.41, 5.74) is 0.648. The first-order chi connectivity index (χ1) is 8.32. The number of halogens is 1. The quantitative estimate of drug-likeness (QED) is 0.361. The van der Waals surface area contributed by atoms with E-state index in [9.17, 15) is 14.9 Å². The van der Waals surface area contributed by atoms with Crippen molar-refractivity contribution in [2.75, 3.05) is 6.61 Å². The van der Waals surface area contributed by atoms with Crippen LogP contribution in [0.5, 0.6) is 5.75 Å². The van der Waals surface area contributed by atoms with Crippen LogP contribution in [0.3, 0.4) is 0 Å². The van der Waals surface area contributed by atoms with Gasteiger partial charge in [-0.2, -0.15) is 0 Å². The van der Waals surface area contributed by atoms with Gasteiger partial charge in [-0.3, -0.25) is 14.9 Å². The van der Waals surface area contributed by atoms with Crippen molar-refractivity contribution < 1.29 is 14.5 Å². The number of hydrogen-bond donors (Lipinski definition) is 0. The van der Waals surface area contributed by atoms with Crippen molar-refractivity contribution in [2.24, 2.45) is 0 Å². The van der Waals surface area contributed by atoms with E-state index < -0.39 is 4.92 Å². The maximum Gasteiger partial charge on any atom is 0.312 e. The third kappa shape index (κ3) is 3.40. The van der Waals surface area contributed by atoms with Gasteiger partial charge in [-0.1, -0.05) is 22.5 Å². The number of ether oxygens (including phenoxy) is 1. The summed E-state index contributed by atoms with van der Waals surface area (Å²) in [4.78, 5) is 21.9. The minimum Gasteiger partial charge on any atom is -0.482 e. The summed E-state index contributed by atoms with van der Waals surface area (Å²) >= 11 is 3.13. The molecule has 0 amide bonds. The van der Waals surface area contributed by atoms with Gasteiger partial charge < -0.3 is 4.74 Å². The molecule has 0 unspecified atom stereocenters. The number of rotatable bonds is 5. The van der Waals surface area contributed by atoms with Gasteiger partial charge in [0.1, 0.15) is 6.61 Å². The molecule has 0 spiro atoms. The van der Waals surface area contributed by atoms with Gasteiger partial charge >= 0.3 is 5.69 Å². The van der Waals surface area contributed by atoms with E-state index in [1.807, 2.05) is 0 Å². The van der Waals surface area contributed by atoms with E-state index in [4.69, 9.17) is 4.74 Å². The number of carbonyl (C=O) groups is 1. The first-order valence-corrected chi connectivity index (χ1v) is 5.88. The van der Waals surface area contributed by atoms with E-state index in [1.165, 1.54) is 19.1 Å². The zero-order valence-electron chi connectivity index (χ0n) is 10.0. The smallest absolute Gasteiger partial charge is 0.312 e. The van der Waals surface area contributed by atoms with Gasteiger partial charge in [-0.25, -0.2) is 0 Å². The number of ketones is 1. The molecule has 18 heavy (non-hydrogen) atoms. The third-order valence-electron chi connectivity index (χ3n) is 2.07. The molecule has 1 aromatic rings. The zero-order valence-corrected chi connectivity index (χ0v) is 11.6. The summed E-state index contributed by atoms with van der Waals surface area (Å²) < 4.78 is 5.78. The monoisotopic (exact) mass is 313 g/mol. The van der Waals surface area contributed by atoms with Crippen molar-refractivity contribution in [3.05, 3.63) is 44.4 Å². The van der Waals surface area contributed by atoms with Crippen LogP contribution < -0.4 is 4.74 Å². The topological polar surface area (TPSA) is 69.4 Å². The summed E-state index contributed by atoms with van der Waals surface area (Å²) in [7, 11) is 0. The Kier molecular flexibility index (Phi) is 4.61. The second-order valence-corrected chi connectivity index (χ2v) is 4.78. The molecule has 5 nitrogen and oxygen atoms in total. The standard InChI is InChI=1S/C12H12BrNO4/c1-7(2)6-18-12-10(8(3)15)4-9(13)5-11(12)14(16)17/h4-5H,1,6H2,2-3H3. The van der Waals surface area contributed by atoms with Gasteiger partial charge in [0.25, 0.3) is 0 Å². The van der Waals surface area contributed by atoms with Crippen molar-refractivity contribution in [3.8, 4) is 5.75 Å². The summed E-state index contributed by atoms with van der Waals surface area (Å²) in [5.74, 6) is -0.310. The molecular formula is C12H12BrNO4. The fourth-order valence-corrected chi connectivity index (χ4v) is 1.77. The maximum absolute atomic E-state index is 11.5. The van der Waals surface area contributed by atoms with Crippen LogP contribution in [0.25, 0.3) is 0 Å². The summed E-state index contributed by atoms with van der Waals surface area (Å²) in [6.07, 6.45) is 0. The van der Waals surface area contributed by atoms with Crippen LogP contribution in [0, 0.1) is 10.1 Å². The maximum atomic E-state index is 11.5. The minimum absolute atomic E-state index is 0.0151. The lowest BCUT2D eigenvalue weighted by molar-refractivity contribution is -0.385. The van der Waals surface area contributed by atoms with Crippen molar-refractivity contribution in [3.63, 3.8) is 0 Å². The first kappa shape index (κ1) is 14.4. The Hall–Kier alpha value is -1.69. The van der Waals surface area contributed by atoms with Crippen LogP contribution in [0.15, 0.2) is 28.8 Å². The lowest BCUT2D eigenvalue weighted by Gasteiger charge is -2.10. The van der Waals surface area contributed by atoms with E-state index >= 15 is 0 Å². The van der Waals surface area contributed by atoms with Crippen molar-refractivity contribution in [1.29, 1.82) is 0 Å². The molecule has 0 saturated heterocycles. The molecule has 6 heteroatoms. The molecule has 0 aliphatic rings. The number of nitro benzene ring substituents is 1. The molecule has 1 aromatic carbocycles. The summed E-state index contributed by atoms with van der Waals surface area (Å²) in [5, 5.41) is 11.0. The van der Waals surface area contributed by atoms with E-state index in [-0.39, 0.29) is 29.4 Å². The van der Waals surface area contributed by atoms with Crippen LogP contribution in [-0.4, -0.2) is 17.3 Å². The van der Waals surface area contributed by atoms with Crippen LogP contribution in [0.2, 0.25) is 0 Å². The van der Waals surface area contributed by atoms with Gasteiger partial charge in [0.15, 0.2) is 5.78 Å². The van der Waals surface area contributed by atoms with E-state index in [1.54, 1.807) is 6.92 Å². The predicted molar refractivity (Wildman–Crippen MR) is 71.1 cm³/mol. The van der Waals surface area contributed by atoms with Crippen molar-refractivity contribution >= 4 is 27.4 Å². The fourth-order valence-electron chi connectivity index (χ4n) is 1.32. The number of hydrogen-bond acceptors (Lipinski definition) is 4. The van der Waals surface area contributed by atoms with Crippen LogP contribution in [-0.2, 0) is 0 Å². The van der Waals surface area contributed by atoms with Crippen molar-refractivity contribution in [1.82, 2.24) is 0 Å². The van der Waals surface area contributed by atoms with Gasteiger partial charge in [0.05, 0.1) is 10.5 Å². The molecule has 96 valence electrons. The highest BCUT2D eigenvalue weighted by Crippen LogP contribution is 2.35. The molecule has 1 rings (SSSR count). The molecule has 0 saturated carbocycles. The fraction of sp³-hybridized carbons (Fsp3) is 0.250. The Morgan fingerprint density at radius 1 is 1.50 bits per heavy atom. The van der Waals surface area contributed by atoms with E-state index in [2.05, 4.69) is 22.5 Å². The van der Waals surface area contributed by atoms with Gasteiger partial charge in [-0.15, -0.1) is 0 Å². The number of nitrogens with zero attached hydrogens (tertiary/aromatic N) is 1. The molecule has 0 aromatic heterocycles. The lowest BCUT2D eigenvalue weighted by atomic mass is 10.1. The largest absolute Gasteiger partial charge is 0.482 e. The average Bonchev–Trinajstić information content (AvgIpc) is 2.25. The summed E-state index contributed by atoms with van der Waals surface area (Å²) in [6.45, 7) is 6.84. The van der Waals surface area contributed by atoms with Gasteiger partial charge in [0.2, 0.25) is 5.75 Å². The number of carbonyl (C=O) groups excluding carboxylic acids is 1. The Morgan fingerprint density at radius 3 is 2.56 bits per heavy atom. The highest BCUT2D eigenvalue weighted by molar-refractivity contribution is 9.10. The molecule has 0 radical (unpaired) electrons. The number of nitro groups is 1. The average molecular weight is 314 g/mol. The SMILES string of the molecule is C=C(C)COc1c(C(C)=O)cc(Br)cc1[N+](=O)[O-]. The second kappa shape index (κ2) is 5.77. The number of benzene rings is 1. The first-order valence-electron chi connectivity index (χ1n) is 5.09. The van der Waals surface area contributed by atoms with Crippen LogP contribution >= 0.6 is 15.9 Å². The molecular weight excluding hydrogens is 302 g/mol. The highest BCUT2D eigenvalue weighted by Gasteiger charge is 2.23. The Bertz CT molecular complexity index is 490. The lowest BCUT2D eigenvalue weighted by Crippen LogP contribution is -2.06. The Labute approximate surface area is 113 Å². The summed E-state index contributed by atoms with van der Waals surface area (Å²) in [6, 6.07) is 2.81. The predicted octanol–water partition coefficient (Wildman–Crippen LogP) is 3.51. The highest BCUT2D eigenvalue weighted by atomic mass is 79.9. The Morgan fingerprint density at radius 2 is 2.11 bits per heavy atom. The van der Waals surface area contributed by atoms with Crippen molar-refractivity contribution in [2.45, 2.75) is 13.8 Å². The van der Waals surface area contributed by atoms with E-state index in [0.717, 1.165) is 0 Å². The molecule has 0 aliphatic carbocycles. The molecule has 0 N–H and O–H groups in total. The molecule has 0 atom stereocenters. The molecule has 0 bridgehead atoms. The van der Waals surface area contributed by atoms with Gasteiger partial charge in [0, 0.05) is 10.5 Å².